The van der Waals surface area contributed by atoms with Crippen LogP contribution in [-0.2, 0) is 14.4 Å². The first-order valence-corrected chi connectivity index (χ1v) is 5.00. The Morgan fingerprint density at radius 2 is 1.94 bits per heavy atom. The molecule has 0 rings (SSSR count). The number of hydrogen-bond donors (Lipinski definition) is 2. The zero-order valence-electron chi connectivity index (χ0n) is 9.82. The standard InChI is InChI=1S/C10H18N2O4/c1-7(6-13)10(16)11-4-9(15)12(3)5-8(2)14/h7,13H,4-6H2,1-3H3,(H,11,16)/t7-/m0/s1. The van der Waals surface area contributed by atoms with Crippen LogP contribution in [0.25, 0.3) is 0 Å². The lowest BCUT2D eigenvalue weighted by Gasteiger charge is -2.16. The molecule has 2 amide bonds. The first-order valence-electron chi connectivity index (χ1n) is 5.00. The lowest BCUT2D eigenvalue weighted by atomic mass is 10.2. The van der Waals surface area contributed by atoms with Gasteiger partial charge in [0.2, 0.25) is 11.8 Å². The minimum atomic E-state index is -0.536. The molecule has 0 saturated carbocycles. The van der Waals surface area contributed by atoms with Crippen molar-refractivity contribution in [2.45, 2.75) is 13.8 Å². The number of carbonyl (C=O) groups is 3. The molecule has 0 spiro atoms. The van der Waals surface area contributed by atoms with Crippen molar-refractivity contribution < 1.29 is 19.5 Å². The van der Waals surface area contributed by atoms with Crippen LogP contribution in [0.15, 0.2) is 0 Å². The summed E-state index contributed by atoms with van der Waals surface area (Å²) in [6, 6.07) is 0. The topological polar surface area (TPSA) is 86.7 Å². The summed E-state index contributed by atoms with van der Waals surface area (Å²) in [5.41, 5.74) is 0. The Bertz CT molecular complexity index is 278. The van der Waals surface area contributed by atoms with Gasteiger partial charge in [0.1, 0.15) is 5.78 Å². The van der Waals surface area contributed by atoms with Gasteiger partial charge in [-0.1, -0.05) is 6.92 Å². The van der Waals surface area contributed by atoms with Crippen LogP contribution in [0.4, 0.5) is 0 Å². The Labute approximate surface area is 94.6 Å². The van der Waals surface area contributed by atoms with E-state index in [0.29, 0.717) is 0 Å². The van der Waals surface area contributed by atoms with Gasteiger partial charge in [-0.25, -0.2) is 0 Å². The summed E-state index contributed by atoms with van der Waals surface area (Å²) in [5, 5.41) is 11.1. The van der Waals surface area contributed by atoms with Crippen LogP contribution < -0.4 is 5.32 Å². The Kier molecular flexibility index (Phi) is 6.32. The fourth-order valence-corrected chi connectivity index (χ4v) is 0.977. The van der Waals surface area contributed by atoms with Gasteiger partial charge in [-0.05, 0) is 6.92 Å². The molecule has 0 heterocycles. The molecule has 0 unspecified atom stereocenters. The Hall–Kier alpha value is -1.43. The van der Waals surface area contributed by atoms with Gasteiger partial charge in [0, 0.05) is 7.05 Å². The van der Waals surface area contributed by atoms with Crippen molar-refractivity contribution in [3.8, 4) is 0 Å². The highest BCUT2D eigenvalue weighted by Gasteiger charge is 2.15. The van der Waals surface area contributed by atoms with Crippen LogP contribution in [0.2, 0.25) is 0 Å². The minimum Gasteiger partial charge on any atom is -0.396 e. The van der Waals surface area contributed by atoms with E-state index in [1.165, 1.54) is 18.9 Å². The summed E-state index contributed by atoms with van der Waals surface area (Å²) >= 11 is 0. The smallest absolute Gasteiger partial charge is 0.242 e. The molecule has 92 valence electrons. The molecule has 0 radical (unpaired) electrons. The molecule has 0 aliphatic rings. The molecule has 0 bridgehead atoms. The van der Waals surface area contributed by atoms with E-state index in [-0.39, 0.29) is 37.3 Å². The molecule has 0 aromatic rings. The SMILES string of the molecule is CC(=O)CN(C)C(=O)CNC(=O)[C@@H](C)CO. The Morgan fingerprint density at radius 3 is 2.38 bits per heavy atom. The summed E-state index contributed by atoms with van der Waals surface area (Å²) in [6.07, 6.45) is 0. The first kappa shape index (κ1) is 14.6. The number of rotatable bonds is 6. The maximum Gasteiger partial charge on any atom is 0.242 e. The molecule has 0 saturated heterocycles. The van der Waals surface area contributed by atoms with Crippen LogP contribution in [0.1, 0.15) is 13.8 Å². The predicted octanol–water partition coefficient (Wildman–Crippen LogP) is -1.22. The second-order valence-corrected chi connectivity index (χ2v) is 3.75. The van der Waals surface area contributed by atoms with E-state index in [2.05, 4.69) is 5.32 Å². The second-order valence-electron chi connectivity index (χ2n) is 3.75. The van der Waals surface area contributed by atoms with Crippen molar-refractivity contribution in [1.82, 2.24) is 10.2 Å². The first-order chi connectivity index (χ1) is 7.38. The van der Waals surface area contributed by atoms with E-state index in [1.807, 2.05) is 0 Å². The highest BCUT2D eigenvalue weighted by molar-refractivity contribution is 5.88. The number of aliphatic hydroxyl groups is 1. The molecule has 1 atom stereocenters. The predicted molar refractivity (Wildman–Crippen MR) is 57.6 cm³/mol. The highest BCUT2D eigenvalue weighted by atomic mass is 16.3. The Morgan fingerprint density at radius 1 is 1.38 bits per heavy atom. The zero-order chi connectivity index (χ0) is 12.7. The number of nitrogens with one attached hydrogen (secondary N) is 1. The molecular formula is C10H18N2O4. The van der Waals surface area contributed by atoms with Gasteiger partial charge in [-0.3, -0.25) is 14.4 Å². The maximum atomic E-state index is 11.4. The third kappa shape index (κ3) is 5.45. The van der Waals surface area contributed by atoms with Gasteiger partial charge in [0.05, 0.1) is 25.6 Å². The van der Waals surface area contributed by atoms with Gasteiger partial charge >= 0.3 is 0 Å². The number of carbonyl (C=O) groups excluding carboxylic acids is 3. The summed E-state index contributed by atoms with van der Waals surface area (Å²) in [7, 11) is 1.49. The molecule has 0 fully saturated rings. The number of nitrogens with zero attached hydrogens (tertiary/aromatic N) is 1. The quantitative estimate of drug-likeness (QED) is 0.598. The fourth-order valence-electron chi connectivity index (χ4n) is 0.977. The van der Waals surface area contributed by atoms with Gasteiger partial charge in [0.25, 0.3) is 0 Å². The molecule has 6 heteroatoms. The van der Waals surface area contributed by atoms with E-state index in [0.717, 1.165) is 0 Å². The molecule has 0 aliphatic heterocycles. The van der Waals surface area contributed by atoms with Crippen LogP contribution in [-0.4, -0.2) is 54.3 Å². The molecule has 0 aromatic heterocycles. The number of amides is 2. The van der Waals surface area contributed by atoms with Gasteiger partial charge in [0.15, 0.2) is 0 Å². The van der Waals surface area contributed by atoms with Crippen molar-refractivity contribution in [1.29, 1.82) is 0 Å². The monoisotopic (exact) mass is 230 g/mol. The number of Topliss-reactive ketones (excluding diaryl/α,β-unsaturated/α-hetero) is 1. The van der Waals surface area contributed by atoms with E-state index in [4.69, 9.17) is 5.11 Å². The number of likely N-dealkylation sites (N-methyl/N-ethyl adjacent to an activating group) is 1. The normalized spacial score (nSPS) is 11.8. The fraction of sp³-hybridized carbons (Fsp3) is 0.700. The van der Waals surface area contributed by atoms with Crippen LogP contribution in [0, 0.1) is 5.92 Å². The lowest BCUT2D eigenvalue weighted by molar-refractivity contribution is -0.135. The molecular weight excluding hydrogens is 212 g/mol. The van der Waals surface area contributed by atoms with Crippen molar-refractivity contribution in [2.24, 2.45) is 5.92 Å². The average molecular weight is 230 g/mol. The van der Waals surface area contributed by atoms with Crippen LogP contribution in [0.5, 0.6) is 0 Å². The van der Waals surface area contributed by atoms with E-state index in [1.54, 1.807) is 6.92 Å². The van der Waals surface area contributed by atoms with E-state index >= 15 is 0 Å². The molecule has 2 N–H and O–H groups in total. The third-order valence-electron chi connectivity index (χ3n) is 2.02. The molecule has 0 aromatic carbocycles. The van der Waals surface area contributed by atoms with Crippen molar-refractivity contribution >= 4 is 17.6 Å². The highest BCUT2D eigenvalue weighted by Crippen LogP contribution is 1.92. The summed E-state index contributed by atoms with van der Waals surface area (Å²) in [4.78, 5) is 34.6. The zero-order valence-corrected chi connectivity index (χ0v) is 9.82. The Balaban J connectivity index is 3.97. The summed E-state index contributed by atoms with van der Waals surface area (Å²) in [5.74, 6) is -1.38. The molecule has 0 aliphatic carbocycles. The van der Waals surface area contributed by atoms with Crippen molar-refractivity contribution in [2.75, 3.05) is 26.7 Å². The van der Waals surface area contributed by atoms with Crippen molar-refractivity contribution in [3.05, 3.63) is 0 Å². The number of hydrogen-bond acceptors (Lipinski definition) is 4. The average Bonchev–Trinajstić information content (AvgIpc) is 2.23. The van der Waals surface area contributed by atoms with Gasteiger partial charge in [-0.2, -0.15) is 0 Å². The molecule has 16 heavy (non-hydrogen) atoms. The number of aliphatic hydroxyl groups excluding tert-OH is 1. The largest absolute Gasteiger partial charge is 0.396 e. The lowest BCUT2D eigenvalue weighted by Crippen LogP contribution is -2.41. The maximum absolute atomic E-state index is 11.4. The third-order valence-corrected chi connectivity index (χ3v) is 2.02. The molecule has 6 nitrogen and oxygen atoms in total. The van der Waals surface area contributed by atoms with E-state index in [9.17, 15) is 14.4 Å². The summed E-state index contributed by atoms with van der Waals surface area (Å²) in [6.45, 7) is 2.55. The summed E-state index contributed by atoms with van der Waals surface area (Å²) < 4.78 is 0. The van der Waals surface area contributed by atoms with E-state index < -0.39 is 5.92 Å². The minimum absolute atomic E-state index is 0.0320. The van der Waals surface area contributed by atoms with Crippen molar-refractivity contribution in [3.63, 3.8) is 0 Å². The second kappa shape index (κ2) is 6.95. The number of ketones is 1. The van der Waals surface area contributed by atoms with Crippen LogP contribution in [0.3, 0.4) is 0 Å². The van der Waals surface area contributed by atoms with Gasteiger partial charge < -0.3 is 15.3 Å². The van der Waals surface area contributed by atoms with Gasteiger partial charge in [-0.15, -0.1) is 0 Å². The van der Waals surface area contributed by atoms with Crippen LogP contribution >= 0.6 is 0 Å².